The third kappa shape index (κ3) is 3.65. The van der Waals surface area contributed by atoms with Crippen molar-refractivity contribution >= 4 is 17.5 Å². The van der Waals surface area contributed by atoms with Gasteiger partial charge in [-0.25, -0.2) is 4.79 Å². The van der Waals surface area contributed by atoms with Crippen LogP contribution in [-0.2, 0) is 4.74 Å². The van der Waals surface area contributed by atoms with Crippen LogP contribution in [0.3, 0.4) is 0 Å². The van der Waals surface area contributed by atoms with E-state index in [4.69, 9.17) is 0 Å². The van der Waals surface area contributed by atoms with Gasteiger partial charge in [0.2, 0.25) is 0 Å². The second kappa shape index (κ2) is 6.64. The summed E-state index contributed by atoms with van der Waals surface area (Å²) in [7, 11) is 1.36. The van der Waals surface area contributed by atoms with Gasteiger partial charge in [-0.05, 0) is 48.9 Å². The Morgan fingerprint density at radius 1 is 1.10 bits per heavy atom. The number of nitrogens with one attached hydrogen (secondary N) is 2. The Kier molecular flexibility index (Phi) is 4.88. The predicted octanol–water partition coefficient (Wildman–Crippen LogP) is 4.10. The van der Waals surface area contributed by atoms with Gasteiger partial charge in [0.05, 0.1) is 7.11 Å². The lowest BCUT2D eigenvalue weighted by Crippen LogP contribution is -2.37. The number of rotatable bonds is 3. The Bertz CT molecular complexity index is 434. The number of methoxy groups -OCH3 is 1. The molecule has 1 aliphatic rings. The van der Waals surface area contributed by atoms with Crippen molar-refractivity contribution in [2.45, 2.75) is 39.2 Å². The maximum absolute atomic E-state index is 11.1. The number of hydrogen-bond donors (Lipinski definition) is 2. The van der Waals surface area contributed by atoms with E-state index in [-0.39, 0.29) is 0 Å². The van der Waals surface area contributed by atoms with E-state index < -0.39 is 6.09 Å². The molecule has 2 unspecified atom stereocenters. The first-order valence-corrected chi connectivity index (χ1v) is 7.31. The van der Waals surface area contributed by atoms with Gasteiger partial charge < -0.3 is 10.1 Å². The molecule has 0 saturated heterocycles. The molecule has 0 aromatic heterocycles. The van der Waals surface area contributed by atoms with E-state index >= 15 is 0 Å². The Labute approximate surface area is 120 Å². The molecule has 2 rings (SSSR count). The Morgan fingerprint density at radius 3 is 2.20 bits per heavy atom. The number of anilines is 2. The van der Waals surface area contributed by atoms with Crippen molar-refractivity contribution in [1.29, 1.82) is 0 Å². The molecule has 1 aromatic rings. The predicted molar refractivity (Wildman–Crippen MR) is 82.1 cm³/mol. The highest BCUT2D eigenvalue weighted by atomic mass is 16.5. The highest BCUT2D eigenvalue weighted by Crippen LogP contribution is 2.31. The smallest absolute Gasteiger partial charge is 0.411 e. The SMILES string of the molecule is COC(=O)Nc1ccc(NC2C(C)CCCC2C)cc1. The summed E-state index contributed by atoms with van der Waals surface area (Å²) in [5.41, 5.74) is 1.85. The average Bonchev–Trinajstić information content (AvgIpc) is 2.44. The highest BCUT2D eigenvalue weighted by molar-refractivity contribution is 5.84. The third-order valence-electron chi connectivity index (χ3n) is 4.20. The summed E-state index contributed by atoms with van der Waals surface area (Å²) < 4.78 is 4.57. The summed E-state index contributed by atoms with van der Waals surface area (Å²) in [5.74, 6) is 1.40. The molecule has 1 aromatic carbocycles. The first-order valence-electron chi connectivity index (χ1n) is 7.31. The molecule has 1 aliphatic carbocycles. The van der Waals surface area contributed by atoms with E-state index in [0.717, 1.165) is 11.4 Å². The fourth-order valence-electron chi connectivity index (χ4n) is 2.98. The molecule has 4 nitrogen and oxygen atoms in total. The summed E-state index contributed by atoms with van der Waals surface area (Å²) in [5, 5.41) is 6.28. The van der Waals surface area contributed by atoms with E-state index in [0.29, 0.717) is 17.9 Å². The van der Waals surface area contributed by atoms with Crippen LogP contribution in [0.15, 0.2) is 24.3 Å². The summed E-state index contributed by atoms with van der Waals surface area (Å²) in [6, 6.07) is 8.30. The lowest BCUT2D eigenvalue weighted by molar-refractivity contribution is 0.187. The fourth-order valence-corrected chi connectivity index (χ4v) is 2.98. The largest absolute Gasteiger partial charge is 0.453 e. The first-order chi connectivity index (χ1) is 9.60. The lowest BCUT2D eigenvalue weighted by atomic mass is 9.78. The summed E-state index contributed by atoms with van der Waals surface area (Å²) in [4.78, 5) is 11.1. The van der Waals surface area contributed by atoms with Gasteiger partial charge in [0.15, 0.2) is 0 Å². The maximum Gasteiger partial charge on any atom is 0.411 e. The number of ether oxygens (including phenoxy) is 1. The van der Waals surface area contributed by atoms with E-state index in [9.17, 15) is 4.79 Å². The zero-order valence-electron chi connectivity index (χ0n) is 12.5. The second-order valence-corrected chi connectivity index (χ2v) is 5.75. The molecule has 1 amide bonds. The van der Waals surface area contributed by atoms with Crippen molar-refractivity contribution in [3.63, 3.8) is 0 Å². The van der Waals surface area contributed by atoms with Crippen LogP contribution in [0.4, 0.5) is 16.2 Å². The van der Waals surface area contributed by atoms with Gasteiger partial charge in [0.1, 0.15) is 0 Å². The van der Waals surface area contributed by atoms with Crippen molar-refractivity contribution in [3.05, 3.63) is 24.3 Å². The standard InChI is InChI=1S/C16H24N2O2/c1-11-5-4-6-12(2)15(11)17-13-7-9-14(10-8-13)18-16(19)20-3/h7-12,15,17H,4-6H2,1-3H3,(H,18,19). The Balaban J connectivity index is 1.97. The van der Waals surface area contributed by atoms with E-state index in [1.165, 1.54) is 26.4 Å². The number of amides is 1. The minimum absolute atomic E-state index is 0.444. The van der Waals surface area contributed by atoms with E-state index in [2.05, 4.69) is 29.2 Å². The van der Waals surface area contributed by atoms with Crippen molar-refractivity contribution < 1.29 is 9.53 Å². The van der Waals surface area contributed by atoms with E-state index in [1.54, 1.807) is 0 Å². The second-order valence-electron chi connectivity index (χ2n) is 5.75. The van der Waals surface area contributed by atoms with Gasteiger partial charge in [0, 0.05) is 17.4 Å². The van der Waals surface area contributed by atoms with Crippen molar-refractivity contribution in [2.75, 3.05) is 17.7 Å². The molecular formula is C16H24N2O2. The molecule has 1 fully saturated rings. The normalized spacial score (nSPS) is 25.9. The maximum atomic E-state index is 11.1. The molecule has 0 heterocycles. The Hall–Kier alpha value is -1.71. The quantitative estimate of drug-likeness (QED) is 0.873. The van der Waals surface area contributed by atoms with Crippen LogP contribution in [0.25, 0.3) is 0 Å². The van der Waals surface area contributed by atoms with Crippen LogP contribution in [0.5, 0.6) is 0 Å². The molecule has 0 aliphatic heterocycles. The van der Waals surface area contributed by atoms with Crippen molar-refractivity contribution in [3.8, 4) is 0 Å². The summed E-state index contributed by atoms with van der Waals surface area (Å²) in [6.45, 7) is 4.64. The highest BCUT2D eigenvalue weighted by Gasteiger charge is 2.27. The number of benzene rings is 1. The van der Waals surface area contributed by atoms with Crippen LogP contribution < -0.4 is 10.6 Å². The zero-order valence-corrected chi connectivity index (χ0v) is 12.5. The minimum atomic E-state index is -0.444. The molecule has 110 valence electrons. The van der Waals surface area contributed by atoms with Gasteiger partial charge in [-0.15, -0.1) is 0 Å². The number of carbonyl (C=O) groups excluding carboxylic acids is 1. The molecule has 2 N–H and O–H groups in total. The van der Waals surface area contributed by atoms with Crippen LogP contribution in [0, 0.1) is 11.8 Å². The van der Waals surface area contributed by atoms with Crippen molar-refractivity contribution in [2.24, 2.45) is 11.8 Å². The number of hydrogen-bond acceptors (Lipinski definition) is 3. The first kappa shape index (κ1) is 14.7. The molecule has 4 heteroatoms. The molecule has 0 spiro atoms. The third-order valence-corrected chi connectivity index (χ3v) is 4.20. The Morgan fingerprint density at radius 2 is 1.65 bits per heavy atom. The molecule has 1 saturated carbocycles. The van der Waals surface area contributed by atoms with Crippen LogP contribution in [-0.4, -0.2) is 19.2 Å². The van der Waals surface area contributed by atoms with Gasteiger partial charge in [0.25, 0.3) is 0 Å². The molecular weight excluding hydrogens is 252 g/mol. The topological polar surface area (TPSA) is 50.4 Å². The minimum Gasteiger partial charge on any atom is -0.453 e. The number of carbonyl (C=O) groups is 1. The van der Waals surface area contributed by atoms with Gasteiger partial charge in [-0.1, -0.05) is 20.3 Å². The average molecular weight is 276 g/mol. The molecule has 20 heavy (non-hydrogen) atoms. The lowest BCUT2D eigenvalue weighted by Gasteiger charge is -2.35. The van der Waals surface area contributed by atoms with Gasteiger partial charge in [-0.2, -0.15) is 0 Å². The fraction of sp³-hybridized carbons (Fsp3) is 0.562. The van der Waals surface area contributed by atoms with Gasteiger partial charge >= 0.3 is 6.09 Å². The summed E-state index contributed by atoms with van der Waals surface area (Å²) >= 11 is 0. The van der Waals surface area contributed by atoms with Crippen LogP contribution in [0.1, 0.15) is 33.1 Å². The monoisotopic (exact) mass is 276 g/mol. The molecule has 0 bridgehead atoms. The van der Waals surface area contributed by atoms with Crippen LogP contribution >= 0.6 is 0 Å². The molecule has 2 atom stereocenters. The van der Waals surface area contributed by atoms with E-state index in [1.807, 2.05) is 24.3 Å². The van der Waals surface area contributed by atoms with Crippen molar-refractivity contribution in [1.82, 2.24) is 0 Å². The van der Waals surface area contributed by atoms with Crippen LogP contribution in [0.2, 0.25) is 0 Å². The summed E-state index contributed by atoms with van der Waals surface area (Å²) in [6.07, 6.45) is 3.48. The molecule has 0 radical (unpaired) electrons. The zero-order chi connectivity index (χ0) is 14.5. The van der Waals surface area contributed by atoms with Gasteiger partial charge in [-0.3, -0.25) is 5.32 Å².